The molecule has 0 aromatic rings. The van der Waals surface area contributed by atoms with Crippen molar-refractivity contribution in [2.75, 3.05) is 6.54 Å². The highest BCUT2D eigenvalue weighted by Crippen LogP contribution is 2.31. The molecule has 1 saturated carbocycles. The largest absolute Gasteiger partial charge is 0.314 e. The summed E-state index contributed by atoms with van der Waals surface area (Å²) in [7, 11) is 0. The van der Waals surface area contributed by atoms with Gasteiger partial charge in [0.15, 0.2) is 0 Å². The average molecular weight is 234 g/mol. The first-order valence-electron chi connectivity index (χ1n) is 5.06. The molecular weight excluding hydrogens is 214 g/mol. The second kappa shape index (κ2) is 5.23. The quantitative estimate of drug-likeness (QED) is 0.697. The third-order valence-corrected chi connectivity index (χ3v) is 2.79. The Morgan fingerprint density at radius 1 is 1.42 bits per heavy atom. The van der Waals surface area contributed by atoms with Gasteiger partial charge in [0.1, 0.15) is 0 Å². The highest BCUT2D eigenvalue weighted by atomic mass is 79.9. The van der Waals surface area contributed by atoms with Crippen LogP contribution in [0.25, 0.3) is 0 Å². The van der Waals surface area contributed by atoms with Crippen molar-refractivity contribution in [1.29, 1.82) is 0 Å². The molecule has 72 valence electrons. The zero-order valence-corrected chi connectivity index (χ0v) is 9.73. The third-order valence-electron chi connectivity index (χ3n) is 2.42. The van der Waals surface area contributed by atoms with Crippen molar-refractivity contribution in [3.8, 4) is 0 Å². The Morgan fingerprint density at radius 2 is 2.08 bits per heavy atom. The topological polar surface area (TPSA) is 12.0 Å². The minimum atomic E-state index is 0.640. The van der Waals surface area contributed by atoms with Crippen molar-refractivity contribution in [1.82, 2.24) is 5.32 Å². The van der Waals surface area contributed by atoms with Gasteiger partial charge in [-0.25, -0.2) is 0 Å². The molecule has 1 nitrogen and oxygen atoms in total. The van der Waals surface area contributed by atoms with E-state index in [4.69, 9.17) is 0 Å². The number of alkyl halides is 1. The molecule has 2 unspecified atom stereocenters. The molecule has 1 rings (SSSR count). The van der Waals surface area contributed by atoms with E-state index in [1.165, 1.54) is 32.2 Å². The molecule has 0 aromatic heterocycles. The van der Waals surface area contributed by atoms with Crippen LogP contribution in [0.15, 0.2) is 0 Å². The van der Waals surface area contributed by atoms with Crippen LogP contribution in [0, 0.1) is 5.92 Å². The van der Waals surface area contributed by atoms with E-state index in [-0.39, 0.29) is 0 Å². The van der Waals surface area contributed by atoms with Crippen LogP contribution < -0.4 is 5.32 Å². The Balaban J connectivity index is 1.89. The van der Waals surface area contributed by atoms with E-state index in [1.54, 1.807) is 0 Å². The number of rotatable bonds is 6. The molecular formula is C10H20BrN. The molecule has 1 aliphatic carbocycles. The predicted octanol–water partition coefficient (Wildman–Crippen LogP) is 2.94. The lowest BCUT2D eigenvalue weighted by Gasteiger charge is -2.14. The Morgan fingerprint density at radius 3 is 2.58 bits per heavy atom. The van der Waals surface area contributed by atoms with E-state index in [9.17, 15) is 0 Å². The van der Waals surface area contributed by atoms with Crippen molar-refractivity contribution in [2.24, 2.45) is 5.92 Å². The molecule has 0 heterocycles. The second-order valence-electron chi connectivity index (χ2n) is 4.10. The average Bonchev–Trinajstić information content (AvgIpc) is 2.69. The molecule has 2 atom stereocenters. The molecule has 0 aromatic carbocycles. The van der Waals surface area contributed by atoms with Crippen molar-refractivity contribution < 1.29 is 0 Å². The lowest BCUT2D eigenvalue weighted by Crippen LogP contribution is -2.29. The van der Waals surface area contributed by atoms with Gasteiger partial charge >= 0.3 is 0 Å². The van der Waals surface area contributed by atoms with Gasteiger partial charge in [0.05, 0.1) is 0 Å². The van der Waals surface area contributed by atoms with E-state index in [0.29, 0.717) is 10.9 Å². The van der Waals surface area contributed by atoms with Gasteiger partial charge in [-0.15, -0.1) is 0 Å². The van der Waals surface area contributed by atoms with Gasteiger partial charge in [-0.3, -0.25) is 0 Å². The monoisotopic (exact) mass is 233 g/mol. The lowest BCUT2D eigenvalue weighted by atomic mass is 10.2. The first-order chi connectivity index (χ1) is 5.68. The minimum Gasteiger partial charge on any atom is -0.314 e. The van der Waals surface area contributed by atoms with Crippen LogP contribution in [0.5, 0.6) is 0 Å². The normalized spacial score (nSPS) is 22.2. The smallest absolute Gasteiger partial charge is 0.0132 e. The van der Waals surface area contributed by atoms with Gasteiger partial charge in [0.2, 0.25) is 0 Å². The zero-order chi connectivity index (χ0) is 8.97. The number of halogens is 1. The van der Waals surface area contributed by atoms with Gasteiger partial charge in [0.25, 0.3) is 0 Å². The van der Waals surface area contributed by atoms with Crippen LogP contribution >= 0.6 is 15.9 Å². The van der Waals surface area contributed by atoms with Crippen LogP contribution in [-0.4, -0.2) is 17.4 Å². The maximum atomic E-state index is 3.57. The van der Waals surface area contributed by atoms with Crippen LogP contribution in [0.3, 0.4) is 0 Å². The lowest BCUT2D eigenvalue weighted by molar-refractivity contribution is 0.497. The fraction of sp³-hybridized carbons (Fsp3) is 1.00. The summed E-state index contributed by atoms with van der Waals surface area (Å²) < 4.78 is 0. The van der Waals surface area contributed by atoms with Crippen LogP contribution in [0.4, 0.5) is 0 Å². The van der Waals surface area contributed by atoms with E-state index in [2.05, 4.69) is 35.1 Å². The minimum absolute atomic E-state index is 0.640. The van der Waals surface area contributed by atoms with Crippen molar-refractivity contribution in [3.05, 3.63) is 0 Å². The van der Waals surface area contributed by atoms with Crippen molar-refractivity contribution >= 4 is 15.9 Å². The fourth-order valence-corrected chi connectivity index (χ4v) is 2.07. The fourth-order valence-electron chi connectivity index (χ4n) is 1.51. The predicted molar refractivity (Wildman–Crippen MR) is 57.8 cm³/mol. The van der Waals surface area contributed by atoms with Crippen LogP contribution in [0.1, 0.15) is 39.5 Å². The van der Waals surface area contributed by atoms with Crippen LogP contribution in [-0.2, 0) is 0 Å². The summed E-state index contributed by atoms with van der Waals surface area (Å²) in [5.74, 6) is 1.06. The molecule has 0 spiro atoms. The molecule has 0 aliphatic heterocycles. The standard InChI is InChI=1S/C10H20BrN/c1-8(11)7-9(2)12-6-5-10-3-4-10/h8-10,12H,3-7H2,1-2H3. The summed E-state index contributed by atoms with van der Waals surface area (Å²) >= 11 is 3.57. The summed E-state index contributed by atoms with van der Waals surface area (Å²) in [5, 5.41) is 3.56. The van der Waals surface area contributed by atoms with Gasteiger partial charge in [0, 0.05) is 10.9 Å². The SMILES string of the molecule is CC(Br)CC(C)NCCC1CC1. The molecule has 1 fully saturated rings. The van der Waals surface area contributed by atoms with E-state index in [1.807, 2.05) is 0 Å². The van der Waals surface area contributed by atoms with Crippen molar-refractivity contribution in [2.45, 2.75) is 50.4 Å². The number of hydrogen-bond donors (Lipinski definition) is 1. The second-order valence-corrected chi connectivity index (χ2v) is 5.67. The molecule has 1 aliphatic rings. The van der Waals surface area contributed by atoms with E-state index < -0.39 is 0 Å². The molecule has 0 amide bonds. The molecule has 0 bridgehead atoms. The first-order valence-corrected chi connectivity index (χ1v) is 5.97. The Bertz CT molecular complexity index is 121. The molecule has 0 saturated heterocycles. The molecule has 12 heavy (non-hydrogen) atoms. The molecule has 1 N–H and O–H groups in total. The Hall–Kier alpha value is 0.440. The first kappa shape index (κ1) is 10.5. The molecule has 0 radical (unpaired) electrons. The van der Waals surface area contributed by atoms with Crippen LogP contribution in [0.2, 0.25) is 0 Å². The van der Waals surface area contributed by atoms with Gasteiger partial charge in [-0.2, -0.15) is 0 Å². The van der Waals surface area contributed by atoms with Gasteiger partial charge < -0.3 is 5.32 Å². The maximum absolute atomic E-state index is 3.57. The highest BCUT2D eigenvalue weighted by Gasteiger charge is 2.20. The van der Waals surface area contributed by atoms with Gasteiger partial charge in [-0.1, -0.05) is 35.7 Å². The number of nitrogens with one attached hydrogen (secondary N) is 1. The summed E-state index contributed by atoms with van der Waals surface area (Å²) in [4.78, 5) is 0.640. The summed E-state index contributed by atoms with van der Waals surface area (Å²) in [6.07, 6.45) is 5.57. The maximum Gasteiger partial charge on any atom is 0.0132 e. The number of hydrogen-bond acceptors (Lipinski definition) is 1. The third kappa shape index (κ3) is 5.15. The van der Waals surface area contributed by atoms with E-state index >= 15 is 0 Å². The summed E-state index contributed by atoms with van der Waals surface area (Å²) in [6, 6.07) is 0.665. The summed E-state index contributed by atoms with van der Waals surface area (Å²) in [5.41, 5.74) is 0. The molecule has 2 heteroatoms. The summed E-state index contributed by atoms with van der Waals surface area (Å²) in [6.45, 7) is 5.69. The highest BCUT2D eigenvalue weighted by molar-refractivity contribution is 9.09. The van der Waals surface area contributed by atoms with E-state index in [0.717, 1.165) is 5.92 Å². The zero-order valence-electron chi connectivity index (χ0n) is 8.15. The van der Waals surface area contributed by atoms with Gasteiger partial charge in [-0.05, 0) is 32.2 Å². The Labute approximate surface area is 84.4 Å². The van der Waals surface area contributed by atoms with Crippen molar-refractivity contribution in [3.63, 3.8) is 0 Å². The Kier molecular flexibility index (Phi) is 4.59.